The fourth-order valence-corrected chi connectivity index (χ4v) is 1.27. The average Bonchev–Trinajstić information content (AvgIpc) is 2.63. The van der Waals surface area contributed by atoms with Gasteiger partial charge >= 0.3 is 0 Å². The first-order chi connectivity index (χ1) is 6.79. The standard InChI is InChI=1S/C11H20N2O/c1-13(2)9-8-12-7-3-5-11-6-4-10-14-11/h4,6,10,12H,3,5,7-9H2,1-2H3. The van der Waals surface area contributed by atoms with Gasteiger partial charge in [-0.1, -0.05) is 0 Å². The Morgan fingerprint density at radius 3 is 2.86 bits per heavy atom. The van der Waals surface area contributed by atoms with Crippen molar-refractivity contribution < 1.29 is 4.42 Å². The molecule has 3 heteroatoms. The summed E-state index contributed by atoms with van der Waals surface area (Å²) >= 11 is 0. The van der Waals surface area contributed by atoms with Gasteiger partial charge in [0.2, 0.25) is 0 Å². The van der Waals surface area contributed by atoms with Gasteiger partial charge in [-0.05, 0) is 39.2 Å². The van der Waals surface area contributed by atoms with Crippen LogP contribution in [0, 0.1) is 0 Å². The lowest BCUT2D eigenvalue weighted by molar-refractivity contribution is 0.398. The zero-order valence-electron chi connectivity index (χ0n) is 9.12. The van der Waals surface area contributed by atoms with Gasteiger partial charge in [-0.25, -0.2) is 0 Å². The molecule has 0 bridgehead atoms. The molecule has 1 heterocycles. The van der Waals surface area contributed by atoms with Crippen molar-refractivity contribution in [1.29, 1.82) is 0 Å². The van der Waals surface area contributed by atoms with E-state index in [0.717, 1.165) is 38.2 Å². The molecule has 0 amide bonds. The molecule has 3 nitrogen and oxygen atoms in total. The van der Waals surface area contributed by atoms with Crippen molar-refractivity contribution >= 4 is 0 Å². The van der Waals surface area contributed by atoms with Gasteiger partial charge in [0.15, 0.2) is 0 Å². The average molecular weight is 196 g/mol. The van der Waals surface area contributed by atoms with Crippen molar-refractivity contribution in [3.8, 4) is 0 Å². The molecular formula is C11H20N2O. The Labute approximate surface area is 86.1 Å². The molecule has 0 aliphatic carbocycles. The molecule has 0 saturated carbocycles. The van der Waals surface area contributed by atoms with Gasteiger partial charge in [0.1, 0.15) is 5.76 Å². The Hall–Kier alpha value is -0.800. The number of rotatable bonds is 7. The van der Waals surface area contributed by atoms with Gasteiger partial charge in [-0.2, -0.15) is 0 Å². The minimum absolute atomic E-state index is 1.03. The minimum atomic E-state index is 1.03. The molecular weight excluding hydrogens is 176 g/mol. The Morgan fingerprint density at radius 1 is 1.36 bits per heavy atom. The molecule has 0 fully saturated rings. The second-order valence-electron chi connectivity index (χ2n) is 3.74. The van der Waals surface area contributed by atoms with Gasteiger partial charge in [-0.3, -0.25) is 0 Å². The van der Waals surface area contributed by atoms with Gasteiger partial charge < -0.3 is 14.6 Å². The van der Waals surface area contributed by atoms with E-state index >= 15 is 0 Å². The molecule has 1 aromatic rings. The minimum Gasteiger partial charge on any atom is -0.469 e. The molecule has 0 aromatic carbocycles. The van der Waals surface area contributed by atoms with Crippen LogP contribution in [0.25, 0.3) is 0 Å². The van der Waals surface area contributed by atoms with Crippen LogP contribution in [0.5, 0.6) is 0 Å². The first kappa shape index (κ1) is 11.3. The molecule has 80 valence electrons. The summed E-state index contributed by atoms with van der Waals surface area (Å²) in [5.74, 6) is 1.08. The Morgan fingerprint density at radius 2 is 2.21 bits per heavy atom. The predicted molar refractivity (Wildman–Crippen MR) is 58.5 cm³/mol. The lowest BCUT2D eigenvalue weighted by Gasteiger charge is -2.09. The smallest absolute Gasteiger partial charge is 0.103 e. The number of nitrogens with zero attached hydrogens (tertiary/aromatic N) is 1. The molecule has 1 N–H and O–H groups in total. The van der Waals surface area contributed by atoms with E-state index in [2.05, 4.69) is 24.3 Å². The van der Waals surface area contributed by atoms with Crippen molar-refractivity contribution in [3.63, 3.8) is 0 Å². The Balaban J connectivity index is 1.90. The first-order valence-corrected chi connectivity index (χ1v) is 5.17. The molecule has 0 atom stereocenters. The number of furan rings is 1. The quantitative estimate of drug-likeness (QED) is 0.668. The molecule has 1 rings (SSSR count). The largest absolute Gasteiger partial charge is 0.469 e. The van der Waals surface area contributed by atoms with E-state index in [4.69, 9.17) is 4.42 Å². The summed E-state index contributed by atoms with van der Waals surface area (Å²) in [4.78, 5) is 2.18. The molecule has 0 saturated heterocycles. The Kier molecular flexibility index (Phi) is 5.33. The maximum atomic E-state index is 5.24. The predicted octanol–water partition coefficient (Wildman–Crippen LogP) is 1.36. The summed E-state index contributed by atoms with van der Waals surface area (Å²) < 4.78 is 5.24. The van der Waals surface area contributed by atoms with Crippen LogP contribution in [0.3, 0.4) is 0 Å². The van der Waals surface area contributed by atoms with E-state index in [-0.39, 0.29) is 0 Å². The van der Waals surface area contributed by atoms with E-state index in [9.17, 15) is 0 Å². The van der Waals surface area contributed by atoms with E-state index in [1.54, 1.807) is 6.26 Å². The SMILES string of the molecule is CN(C)CCNCCCc1ccco1. The van der Waals surface area contributed by atoms with Crippen LogP contribution in [0.2, 0.25) is 0 Å². The Bertz CT molecular complexity index is 219. The van der Waals surface area contributed by atoms with Crippen LogP contribution in [0.1, 0.15) is 12.2 Å². The molecule has 0 aliphatic rings. The van der Waals surface area contributed by atoms with E-state index < -0.39 is 0 Å². The summed E-state index contributed by atoms with van der Waals surface area (Å²) in [7, 11) is 4.18. The van der Waals surface area contributed by atoms with Crippen LogP contribution < -0.4 is 5.32 Å². The normalized spacial score (nSPS) is 11.1. The van der Waals surface area contributed by atoms with E-state index in [0.29, 0.717) is 0 Å². The van der Waals surface area contributed by atoms with Gasteiger partial charge in [0.05, 0.1) is 6.26 Å². The van der Waals surface area contributed by atoms with Gasteiger partial charge in [-0.15, -0.1) is 0 Å². The zero-order chi connectivity index (χ0) is 10.2. The third kappa shape index (κ3) is 5.04. The molecule has 14 heavy (non-hydrogen) atoms. The lowest BCUT2D eigenvalue weighted by Crippen LogP contribution is -2.27. The molecule has 1 aromatic heterocycles. The number of nitrogens with one attached hydrogen (secondary N) is 1. The van der Waals surface area contributed by atoms with Crippen molar-refractivity contribution in [2.45, 2.75) is 12.8 Å². The van der Waals surface area contributed by atoms with Crippen molar-refractivity contribution in [3.05, 3.63) is 24.2 Å². The van der Waals surface area contributed by atoms with Crippen molar-refractivity contribution in [2.75, 3.05) is 33.7 Å². The second-order valence-corrected chi connectivity index (χ2v) is 3.74. The molecule has 0 spiro atoms. The number of aryl methyl sites for hydroxylation is 1. The molecule has 0 aliphatic heterocycles. The van der Waals surface area contributed by atoms with Crippen LogP contribution in [-0.2, 0) is 6.42 Å². The first-order valence-electron chi connectivity index (χ1n) is 5.17. The van der Waals surface area contributed by atoms with Gasteiger partial charge in [0, 0.05) is 19.5 Å². The number of hydrogen-bond donors (Lipinski definition) is 1. The van der Waals surface area contributed by atoms with Crippen molar-refractivity contribution in [1.82, 2.24) is 10.2 Å². The maximum absolute atomic E-state index is 5.24. The number of likely N-dealkylation sites (N-methyl/N-ethyl adjacent to an activating group) is 1. The highest BCUT2D eigenvalue weighted by Gasteiger charge is 1.95. The summed E-state index contributed by atoms with van der Waals surface area (Å²) in [6, 6.07) is 3.97. The van der Waals surface area contributed by atoms with E-state index in [1.165, 1.54) is 0 Å². The monoisotopic (exact) mass is 196 g/mol. The van der Waals surface area contributed by atoms with Crippen LogP contribution in [0.4, 0.5) is 0 Å². The fraction of sp³-hybridized carbons (Fsp3) is 0.636. The highest BCUT2D eigenvalue weighted by atomic mass is 16.3. The lowest BCUT2D eigenvalue weighted by atomic mass is 10.2. The van der Waals surface area contributed by atoms with E-state index in [1.807, 2.05) is 12.1 Å². The maximum Gasteiger partial charge on any atom is 0.103 e. The van der Waals surface area contributed by atoms with Crippen LogP contribution in [-0.4, -0.2) is 38.6 Å². The summed E-state index contributed by atoms with van der Waals surface area (Å²) in [5.41, 5.74) is 0. The van der Waals surface area contributed by atoms with Crippen molar-refractivity contribution in [2.24, 2.45) is 0 Å². The third-order valence-electron chi connectivity index (χ3n) is 2.09. The highest BCUT2D eigenvalue weighted by molar-refractivity contribution is 4.97. The molecule has 0 unspecified atom stereocenters. The fourth-order valence-electron chi connectivity index (χ4n) is 1.27. The summed E-state index contributed by atoms with van der Waals surface area (Å²) in [6.07, 6.45) is 3.90. The molecule has 0 radical (unpaired) electrons. The summed E-state index contributed by atoms with van der Waals surface area (Å²) in [5, 5.41) is 3.40. The second kappa shape index (κ2) is 6.62. The van der Waals surface area contributed by atoms with Crippen LogP contribution in [0.15, 0.2) is 22.8 Å². The topological polar surface area (TPSA) is 28.4 Å². The highest BCUT2D eigenvalue weighted by Crippen LogP contribution is 2.02. The van der Waals surface area contributed by atoms with Crippen LogP contribution >= 0.6 is 0 Å². The number of hydrogen-bond acceptors (Lipinski definition) is 3. The van der Waals surface area contributed by atoms with Gasteiger partial charge in [0.25, 0.3) is 0 Å². The zero-order valence-corrected chi connectivity index (χ0v) is 9.12. The summed E-state index contributed by atoms with van der Waals surface area (Å²) in [6.45, 7) is 3.22. The third-order valence-corrected chi connectivity index (χ3v) is 2.09.